The lowest BCUT2D eigenvalue weighted by Gasteiger charge is -2.24. The van der Waals surface area contributed by atoms with Gasteiger partial charge in [-0.15, -0.1) is 0 Å². The second-order valence-electron chi connectivity index (χ2n) is 5.22. The zero-order chi connectivity index (χ0) is 14.7. The minimum absolute atomic E-state index is 0.194. The number of nitrogens with two attached hydrogens (primary N) is 1. The van der Waals surface area contributed by atoms with Crippen molar-refractivity contribution < 1.29 is 9.13 Å². The van der Waals surface area contributed by atoms with Crippen LogP contribution in [0.4, 0.5) is 4.39 Å². The minimum Gasteiger partial charge on any atom is -0.484 e. The van der Waals surface area contributed by atoms with Crippen LogP contribution < -0.4 is 10.5 Å². The SMILES string of the molecule is Cc1ccc(C)c(OC(c2ccc(F)cc2)C(C)N)c1. The Balaban J connectivity index is 2.30. The van der Waals surface area contributed by atoms with Crippen molar-refractivity contribution in [3.05, 3.63) is 65.0 Å². The fraction of sp³-hybridized carbons (Fsp3) is 0.294. The molecule has 0 saturated heterocycles. The second kappa shape index (κ2) is 6.06. The number of rotatable bonds is 4. The van der Waals surface area contributed by atoms with Crippen LogP contribution in [0.2, 0.25) is 0 Å². The van der Waals surface area contributed by atoms with E-state index in [4.69, 9.17) is 10.5 Å². The number of ether oxygens (including phenoxy) is 1. The van der Waals surface area contributed by atoms with Crippen molar-refractivity contribution in [3.8, 4) is 5.75 Å². The third kappa shape index (κ3) is 3.36. The number of halogens is 1. The molecule has 20 heavy (non-hydrogen) atoms. The summed E-state index contributed by atoms with van der Waals surface area (Å²) in [4.78, 5) is 0. The Bertz CT molecular complexity index is 578. The van der Waals surface area contributed by atoms with Gasteiger partial charge >= 0.3 is 0 Å². The van der Waals surface area contributed by atoms with Gasteiger partial charge in [-0.3, -0.25) is 0 Å². The molecule has 2 aromatic carbocycles. The monoisotopic (exact) mass is 273 g/mol. The molecule has 0 heterocycles. The first-order chi connectivity index (χ1) is 9.47. The van der Waals surface area contributed by atoms with E-state index in [1.54, 1.807) is 12.1 Å². The predicted molar refractivity (Wildman–Crippen MR) is 79.3 cm³/mol. The Morgan fingerprint density at radius 2 is 1.70 bits per heavy atom. The van der Waals surface area contributed by atoms with Gasteiger partial charge in [-0.2, -0.15) is 0 Å². The number of benzene rings is 2. The normalized spacial score (nSPS) is 13.8. The summed E-state index contributed by atoms with van der Waals surface area (Å²) in [6.07, 6.45) is -0.295. The van der Waals surface area contributed by atoms with E-state index in [1.165, 1.54) is 12.1 Å². The molecule has 0 spiro atoms. The van der Waals surface area contributed by atoms with Gasteiger partial charge in [0.1, 0.15) is 17.7 Å². The Morgan fingerprint density at radius 1 is 1.05 bits per heavy atom. The summed E-state index contributed by atoms with van der Waals surface area (Å²) in [5, 5.41) is 0. The molecule has 0 aliphatic carbocycles. The summed E-state index contributed by atoms with van der Waals surface area (Å²) >= 11 is 0. The molecule has 106 valence electrons. The second-order valence-corrected chi connectivity index (χ2v) is 5.22. The summed E-state index contributed by atoms with van der Waals surface area (Å²) in [7, 11) is 0. The number of hydrogen-bond acceptors (Lipinski definition) is 2. The van der Waals surface area contributed by atoms with Crippen LogP contribution in [-0.4, -0.2) is 6.04 Å². The molecule has 0 radical (unpaired) electrons. The van der Waals surface area contributed by atoms with E-state index < -0.39 is 0 Å². The lowest BCUT2D eigenvalue weighted by molar-refractivity contribution is 0.179. The van der Waals surface area contributed by atoms with Crippen molar-refractivity contribution in [2.24, 2.45) is 5.73 Å². The van der Waals surface area contributed by atoms with Gasteiger partial charge in [0, 0.05) is 6.04 Å². The average molecular weight is 273 g/mol. The largest absolute Gasteiger partial charge is 0.484 e. The molecule has 2 unspecified atom stereocenters. The first-order valence-corrected chi connectivity index (χ1v) is 6.72. The van der Waals surface area contributed by atoms with Gasteiger partial charge in [-0.1, -0.05) is 24.3 Å². The summed E-state index contributed by atoms with van der Waals surface area (Å²) in [6, 6.07) is 12.2. The Labute approximate surface area is 119 Å². The van der Waals surface area contributed by atoms with Gasteiger partial charge in [0.2, 0.25) is 0 Å². The zero-order valence-electron chi connectivity index (χ0n) is 12.1. The summed E-state index contributed by atoms with van der Waals surface area (Å²) in [5.74, 6) is 0.556. The fourth-order valence-corrected chi connectivity index (χ4v) is 2.10. The van der Waals surface area contributed by atoms with Crippen LogP contribution in [0.3, 0.4) is 0 Å². The van der Waals surface area contributed by atoms with Crippen molar-refractivity contribution in [3.63, 3.8) is 0 Å². The highest BCUT2D eigenvalue weighted by atomic mass is 19.1. The maximum absolute atomic E-state index is 13.0. The van der Waals surface area contributed by atoms with Crippen LogP contribution in [0.1, 0.15) is 29.7 Å². The van der Waals surface area contributed by atoms with Crippen molar-refractivity contribution in [2.45, 2.75) is 32.9 Å². The lowest BCUT2D eigenvalue weighted by atomic mass is 10.0. The highest BCUT2D eigenvalue weighted by Crippen LogP contribution is 2.27. The molecule has 2 rings (SSSR count). The molecular weight excluding hydrogens is 253 g/mol. The average Bonchev–Trinajstić information content (AvgIpc) is 2.40. The molecule has 0 bridgehead atoms. The van der Waals surface area contributed by atoms with Crippen molar-refractivity contribution >= 4 is 0 Å². The molecule has 0 aliphatic rings. The molecule has 2 N–H and O–H groups in total. The Morgan fingerprint density at radius 3 is 2.30 bits per heavy atom. The fourth-order valence-electron chi connectivity index (χ4n) is 2.10. The topological polar surface area (TPSA) is 35.2 Å². The van der Waals surface area contributed by atoms with E-state index in [-0.39, 0.29) is 18.0 Å². The van der Waals surface area contributed by atoms with Gasteiger partial charge in [0.25, 0.3) is 0 Å². The van der Waals surface area contributed by atoms with E-state index in [9.17, 15) is 4.39 Å². The van der Waals surface area contributed by atoms with Gasteiger partial charge in [0.05, 0.1) is 0 Å². The van der Waals surface area contributed by atoms with Crippen LogP contribution in [-0.2, 0) is 0 Å². The van der Waals surface area contributed by atoms with Crippen molar-refractivity contribution in [1.82, 2.24) is 0 Å². The number of hydrogen-bond donors (Lipinski definition) is 1. The van der Waals surface area contributed by atoms with E-state index in [1.807, 2.05) is 39.0 Å². The summed E-state index contributed by atoms with van der Waals surface area (Å²) in [5.41, 5.74) is 9.09. The standard InChI is InChI=1S/C17H20FNO/c1-11-4-5-12(2)16(10-11)20-17(13(3)19)14-6-8-15(18)9-7-14/h4-10,13,17H,19H2,1-3H3. The molecule has 0 fully saturated rings. The van der Waals surface area contributed by atoms with E-state index in [2.05, 4.69) is 0 Å². The predicted octanol–water partition coefficient (Wildman–Crippen LogP) is 3.91. The molecule has 0 amide bonds. The third-order valence-electron chi connectivity index (χ3n) is 3.27. The van der Waals surface area contributed by atoms with Gasteiger partial charge in [-0.25, -0.2) is 4.39 Å². The van der Waals surface area contributed by atoms with Gasteiger partial charge < -0.3 is 10.5 Å². The van der Waals surface area contributed by atoms with Gasteiger partial charge in [0.15, 0.2) is 0 Å². The molecule has 2 nitrogen and oxygen atoms in total. The highest BCUT2D eigenvalue weighted by molar-refractivity contribution is 5.37. The lowest BCUT2D eigenvalue weighted by Crippen LogP contribution is -2.29. The van der Waals surface area contributed by atoms with E-state index in [0.29, 0.717) is 0 Å². The maximum Gasteiger partial charge on any atom is 0.138 e. The minimum atomic E-state index is -0.295. The van der Waals surface area contributed by atoms with Gasteiger partial charge in [-0.05, 0) is 55.7 Å². The smallest absolute Gasteiger partial charge is 0.138 e. The molecule has 0 aliphatic heterocycles. The highest BCUT2D eigenvalue weighted by Gasteiger charge is 2.19. The first-order valence-electron chi connectivity index (χ1n) is 6.72. The van der Waals surface area contributed by atoms with Crippen LogP contribution >= 0.6 is 0 Å². The van der Waals surface area contributed by atoms with Crippen molar-refractivity contribution in [2.75, 3.05) is 0 Å². The third-order valence-corrected chi connectivity index (χ3v) is 3.27. The Hall–Kier alpha value is -1.87. The van der Waals surface area contributed by atoms with E-state index in [0.717, 1.165) is 22.4 Å². The molecule has 3 heteroatoms. The quantitative estimate of drug-likeness (QED) is 0.916. The molecule has 0 saturated carbocycles. The molecular formula is C17H20FNO. The van der Waals surface area contributed by atoms with E-state index >= 15 is 0 Å². The zero-order valence-corrected chi connectivity index (χ0v) is 12.1. The van der Waals surface area contributed by atoms with Crippen LogP contribution in [0.25, 0.3) is 0 Å². The first kappa shape index (κ1) is 14.5. The summed E-state index contributed by atoms with van der Waals surface area (Å²) in [6.45, 7) is 5.90. The number of aryl methyl sites for hydroxylation is 2. The summed E-state index contributed by atoms with van der Waals surface area (Å²) < 4.78 is 19.1. The molecule has 0 aromatic heterocycles. The van der Waals surface area contributed by atoms with Crippen LogP contribution in [0, 0.1) is 19.7 Å². The van der Waals surface area contributed by atoms with Crippen LogP contribution in [0.15, 0.2) is 42.5 Å². The Kier molecular flexibility index (Phi) is 4.40. The molecule has 2 aromatic rings. The maximum atomic E-state index is 13.0. The van der Waals surface area contributed by atoms with Crippen LogP contribution in [0.5, 0.6) is 5.75 Å². The molecule has 2 atom stereocenters. The van der Waals surface area contributed by atoms with Crippen molar-refractivity contribution in [1.29, 1.82) is 0 Å².